The van der Waals surface area contributed by atoms with Crippen LogP contribution >= 0.6 is 23.4 Å². The number of thioether (sulfide) groups is 1. The molecular formula is C14H23ClN2S. The first kappa shape index (κ1) is 15.8. The van der Waals surface area contributed by atoms with Gasteiger partial charge in [0.15, 0.2) is 0 Å². The zero-order chi connectivity index (χ0) is 13.4. The van der Waals surface area contributed by atoms with Crippen LogP contribution in [-0.2, 0) is 6.54 Å². The van der Waals surface area contributed by atoms with Gasteiger partial charge in [0, 0.05) is 28.8 Å². The van der Waals surface area contributed by atoms with Crippen LogP contribution in [0.2, 0.25) is 5.02 Å². The number of nitrogens with zero attached hydrogens (tertiary/aromatic N) is 1. The molecule has 1 aromatic rings. The molecule has 4 heteroatoms. The number of halogens is 1. The maximum atomic E-state index is 6.29. The summed E-state index contributed by atoms with van der Waals surface area (Å²) >= 11 is 8.14. The minimum Gasteiger partial charge on any atom is -0.313 e. The molecule has 1 N–H and O–H groups in total. The highest BCUT2D eigenvalue weighted by Gasteiger charge is 2.02. The Bertz CT molecular complexity index is 356. The summed E-state index contributed by atoms with van der Waals surface area (Å²) in [4.78, 5) is 3.44. The first-order valence-electron chi connectivity index (χ1n) is 6.40. The van der Waals surface area contributed by atoms with Crippen LogP contribution < -0.4 is 5.32 Å². The van der Waals surface area contributed by atoms with Gasteiger partial charge in [-0.15, -0.1) is 11.8 Å². The molecular weight excluding hydrogens is 264 g/mol. The molecule has 2 nitrogen and oxygen atoms in total. The molecule has 102 valence electrons. The Labute approximate surface area is 120 Å². The molecule has 0 amide bonds. The maximum absolute atomic E-state index is 6.29. The van der Waals surface area contributed by atoms with E-state index in [0.29, 0.717) is 0 Å². The second kappa shape index (κ2) is 8.81. The Morgan fingerprint density at radius 1 is 1.33 bits per heavy atom. The van der Waals surface area contributed by atoms with Gasteiger partial charge in [-0.2, -0.15) is 0 Å². The van der Waals surface area contributed by atoms with Gasteiger partial charge >= 0.3 is 0 Å². The monoisotopic (exact) mass is 286 g/mol. The van der Waals surface area contributed by atoms with Gasteiger partial charge in [0.2, 0.25) is 0 Å². The highest BCUT2D eigenvalue weighted by molar-refractivity contribution is 7.99. The molecule has 0 aliphatic rings. The Hall–Kier alpha value is -0.220. The van der Waals surface area contributed by atoms with Crippen LogP contribution in [-0.4, -0.2) is 37.8 Å². The molecule has 0 aliphatic heterocycles. The van der Waals surface area contributed by atoms with E-state index in [1.807, 2.05) is 11.8 Å². The molecule has 0 saturated heterocycles. The first-order valence-corrected chi connectivity index (χ1v) is 7.76. The molecule has 0 aliphatic carbocycles. The van der Waals surface area contributed by atoms with Gasteiger partial charge in [0.1, 0.15) is 0 Å². The van der Waals surface area contributed by atoms with Crippen molar-refractivity contribution in [3.63, 3.8) is 0 Å². The smallest absolute Gasteiger partial charge is 0.0462 e. The molecule has 0 atom stereocenters. The van der Waals surface area contributed by atoms with Crippen LogP contribution in [0.3, 0.4) is 0 Å². The molecule has 18 heavy (non-hydrogen) atoms. The van der Waals surface area contributed by atoms with Crippen LogP contribution in [0.5, 0.6) is 0 Å². The maximum Gasteiger partial charge on any atom is 0.0462 e. The number of hydrogen-bond acceptors (Lipinski definition) is 3. The van der Waals surface area contributed by atoms with Crippen LogP contribution in [0.1, 0.15) is 18.9 Å². The fraction of sp³-hybridized carbons (Fsp3) is 0.571. The summed E-state index contributed by atoms with van der Waals surface area (Å²) in [6.07, 6.45) is 1.15. The zero-order valence-electron chi connectivity index (χ0n) is 11.5. The fourth-order valence-electron chi connectivity index (χ4n) is 1.51. The van der Waals surface area contributed by atoms with Crippen molar-refractivity contribution in [2.24, 2.45) is 0 Å². The number of nitrogens with one attached hydrogen (secondary N) is 1. The molecule has 1 aromatic carbocycles. The summed E-state index contributed by atoms with van der Waals surface area (Å²) in [5.74, 6) is 1.09. The lowest BCUT2D eigenvalue weighted by Crippen LogP contribution is -2.15. The highest BCUT2D eigenvalue weighted by Crippen LogP contribution is 2.24. The summed E-state index contributed by atoms with van der Waals surface area (Å²) < 4.78 is 0. The largest absolute Gasteiger partial charge is 0.313 e. The van der Waals surface area contributed by atoms with E-state index >= 15 is 0 Å². The van der Waals surface area contributed by atoms with E-state index in [9.17, 15) is 0 Å². The lowest BCUT2D eigenvalue weighted by molar-refractivity contribution is 0.437. The van der Waals surface area contributed by atoms with Crippen LogP contribution in [0.4, 0.5) is 0 Å². The van der Waals surface area contributed by atoms with E-state index in [-0.39, 0.29) is 0 Å². The predicted octanol–water partition coefficient (Wildman–Crippen LogP) is 3.49. The van der Waals surface area contributed by atoms with Gasteiger partial charge in [-0.25, -0.2) is 0 Å². The Morgan fingerprint density at radius 3 is 2.72 bits per heavy atom. The van der Waals surface area contributed by atoms with Crippen molar-refractivity contribution < 1.29 is 0 Å². The summed E-state index contributed by atoms with van der Waals surface area (Å²) in [6.45, 7) is 5.15. The predicted molar refractivity (Wildman–Crippen MR) is 82.7 cm³/mol. The minimum absolute atomic E-state index is 0.856. The molecule has 0 spiro atoms. The van der Waals surface area contributed by atoms with Crippen LogP contribution in [0, 0.1) is 0 Å². The van der Waals surface area contributed by atoms with Gasteiger partial charge < -0.3 is 10.2 Å². The third-order valence-corrected chi connectivity index (χ3v) is 3.90. The van der Waals surface area contributed by atoms with E-state index < -0.39 is 0 Å². The molecule has 0 heterocycles. The summed E-state index contributed by atoms with van der Waals surface area (Å²) in [7, 11) is 4.19. The zero-order valence-corrected chi connectivity index (χ0v) is 13.1. The van der Waals surface area contributed by atoms with Crippen LogP contribution in [0.15, 0.2) is 23.1 Å². The second-order valence-electron chi connectivity index (χ2n) is 4.58. The van der Waals surface area contributed by atoms with Gasteiger partial charge in [-0.3, -0.25) is 0 Å². The lowest BCUT2D eigenvalue weighted by atomic mass is 10.2. The van der Waals surface area contributed by atoms with Gasteiger partial charge in [0.25, 0.3) is 0 Å². The molecule has 0 bridgehead atoms. The third kappa shape index (κ3) is 6.10. The van der Waals surface area contributed by atoms with Crippen molar-refractivity contribution >= 4 is 23.4 Å². The van der Waals surface area contributed by atoms with Gasteiger partial charge in [0.05, 0.1) is 0 Å². The summed E-state index contributed by atoms with van der Waals surface area (Å²) in [5, 5.41) is 4.24. The van der Waals surface area contributed by atoms with Crippen molar-refractivity contribution in [3.8, 4) is 0 Å². The molecule has 0 saturated carbocycles. The Balaban J connectivity index is 2.45. The number of benzene rings is 1. The van der Waals surface area contributed by atoms with Gasteiger partial charge in [-0.1, -0.05) is 24.6 Å². The molecule has 0 aromatic heterocycles. The summed E-state index contributed by atoms with van der Waals surface area (Å²) in [6, 6.07) is 6.36. The van der Waals surface area contributed by atoms with E-state index in [4.69, 9.17) is 11.6 Å². The topological polar surface area (TPSA) is 15.3 Å². The van der Waals surface area contributed by atoms with Crippen molar-refractivity contribution in [2.75, 3.05) is 32.9 Å². The first-order chi connectivity index (χ1) is 8.63. The number of hydrogen-bond donors (Lipinski definition) is 1. The van der Waals surface area contributed by atoms with Crippen LogP contribution in [0.25, 0.3) is 0 Å². The SMILES string of the molecule is CCCNCc1ccc(SCCN(C)C)cc1Cl. The standard InChI is InChI=1S/C14H23ClN2S/c1-4-7-16-11-12-5-6-13(10-14(12)15)18-9-8-17(2)3/h5-6,10,16H,4,7-9,11H2,1-3H3. The lowest BCUT2D eigenvalue weighted by Gasteiger charge is -2.10. The van der Waals surface area contributed by atoms with Crippen molar-refractivity contribution in [1.29, 1.82) is 0 Å². The molecule has 0 radical (unpaired) electrons. The molecule has 1 rings (SSSR count). The fourth-order valence-corrected chi connectivity index (χ4v) is 2.88. The molecule has 0 fully saturated rings. The Morgan fingerprint density at radius 2 is 2.11 bits per heavy atom. The number of rotatable bonds is 8. The average molecular weight is 287 g/mol. The third-order valence-electron chi connectivity index (χ3n) is 2.57. The second-order valence-corrected chi connectivity index (χ2v) is 6.16. The quantitative estimate of drug-likeness (QED) is 0.582. The van der Waals surface area contributed by atoms with E-state index in [0.717, 1.165) is 36.8 Å². The summed E-state index contributed by atoms with van der Waals surface area (Å²) in [5.41, 5.74) is 1.18. The van der Waals surface area contributed by atoms with E-state index in [1.54, 1.807) is 0 Å². The highest BCUT2D eigenvalue weighted by atomic mass is 35.5. The van der Waals surface area contributed by atoms with E-state index in [1.165, 1.54) is 10.5 Å². The minimum atomic E-state index is 0.856. The Kier molecular flexibility index (Phi) is 7.75. The van der Waals surface area contributed by atoms with Crippen molar-refractivity contribution in [2.45, 2.75) is 24.8 Å². The van der Waals surface area contributed by atoms with Gasteiger partial charge in [-0.05, 0) is 44.8 Å². The normalized spacial score (nSPS) is 11.2. The average Bonchev–Trinajstić information content (AvgIpc) is 2.31. The van der Waals surface area contributed by atoms with Crippen molar-refractivity contribution in [1.82, 2.24) is 10.2 Å². The van der Waals surface area contributed by atoms with E-state index in [2.05, 4.69) is 49.4 Å². The molecule has 0 unspecified atom stereocenters. The van der Waals surface area contributed by atoms with Crippen molar-refractivity contribution in [3.05, 3.63) is 28.8 Å².